The van der Waals surface area contributed by atoms with Gasteiger partial charge < -0.3 is 52.2 Å². The van der Waals surface area contributed by atoms with Gasteiger partial charge in [-0.2, -0.15) is 0 Å². The zero-order valence-electron chi connectivity index (χ0n) is 34.7. The van der Waals surface area contributed by atoms with Crippen LogP contribution in [0.3, 0.4) is 0 Å². The molecule has 0 spiro atoms. The zero-order chi connectivity index (χ0) is 41.9. The molecule has 3 aliphatic heterocycles. The van der Waals surface area contributed by atoms with E-state index in [4.69, 9.17) is 52.2 Å². The van der Waals surface area contributed by atoms with E-state index in [-0.39, 0.29) is 38.7 Å². The number of esters is 1. The first-order valence-electron chi connectivity index (χ1n) is 20.3. The first-order chi connectivity index (χ1) is 29.2. The topological polar surface area (TPSA) is 131 Å². The first-order valence-corrected chi connectivity index (χ1v) is 20.3. The van der Waals surface area contributed by atoms with Gasteiger partial charge in [-0.3, -0.25) is 4.79 Å². The van der Waals surface area contributed by atoms with Gasteiger partial charge in [0.05, 0.1) is 38.4 Å². The summed E-state index contributed by atoms with van der Waals surface area (Å²) in [4.78, 5) is 18.9. The molecule has 3 fully saturated rings. The number of rotatable bonds is 16. The van der Waals surface area contributed by atoms with Crippen molar-refractivity contribution >= 4 is 11.7 Å². The van der Waals surface area contributed by atoms with Gasteiger partial charge in [-0.25, -0.2) is 0 Å². The Balaban J connectivity index is 1.17. The van der Waals surface area contributed by atoms with E-state index in [0.29, 0.717) is 0 Å². The molecule has 13 nitrogen and oxygen atoms in total. The third-order valence-corrected chi connectivity index (χ3v) is 10.4. The number of hydrogen-bond acceptors (Lipinski definition) is 13. The molecule has 2 unspecified atom stereocenters. The van der Waals surface area contributed by atoms with E-state index >= 15 is 0 Å². The van der Waals surface area contributed by atoms with E-state index < -0.39 is 73.0 Å². The van der Waals surface area contributed by atoms with Crippen molar-refractivity contribution in [2.45, 2.75) is 102 Å². The third-order valence-electron chi connectivity index (χ3n) is 10.4. The standard InChI is InChI=1S/C47H55NO12/c1-47(2,3)46(49)60-40-37(48-51-5)44(57-36-30-55-43(59-39(36)40)34-24-16-9-17-25-34)56-29-35-38(52-26-31-18-10-6-11-19-31)41(53-27-32-20-12-7-13-21-32)42(45(50-4)58-35)54-28-33-22-14-8-15-23-33/h6-25,35-36,38-45H,26-30H2,1-5H3/b48-37-/t35-,36-,38-,39-,40-,41+,42-,43?,44?,45+/m1/s1. The van der Waals surface area contributed by atoms with Crippen molar-refractivity contribution in [1.82, 2.24) is 0 Å². The highest BCUT2D eigenvalue weighted by Gasteiger charge is 2.53. The van der Waals surface area contributed by atoms with Crippen LogP contribution >= 0.6 is 0 Å². The fraction of sp³-hybridized carbons (Fsp3) is 0.447. The Morgan fingerprint density at radius 1 is 0.667 bits per heavy atom. The van der Waals surface area contributed by atoms with Crippen molar-refractivity contribution < 1.29 is 57.0 Å². The molecule has 0 bridgehead atoms. The Morgan fingerprint density at radius 3 is 1.73 bits per heavy atom. The van der Waals surface area contributed by atoms with Crippen molar-refractivity contribution in [3.05, 3.63) is 144 Å². The Morgan fingerprint density at radius 2 is 1.20 bits per heavy atom. The minimum absolute atomic E-state index is 0.0883. The van der Waals surface area contributed by atoms with Crippen molar-refractivity contribution in [1.29, 1.82) is 0 Å². The number of hydrogen-bond donors (Lipinski definition) is 0. The maximum atomic E-state index is 13.5. The molecule has 10 atom stereocenters. The second-order valence-corrected chi connectivity index (χ2v) is 15.9. The van der Waals surface area contributed by atoms with E-state index in [1.807, 2.05) is 121 Å². The van der Waals surface area contributed by atoms with Crippen LogP contribution in [0.25, 0.3) is 0 Å². The van der Waals surface area contributed by atoms with Gasteiger partial charge in [-0.05, 0) is 37.5 Å². The van der Waals surface area contributed by atoms with Gasteiger partial charge in [0.1, 0.15) is 43.7 Å². The third kappa shape index (κ3) is 11.0. The van der Waals surface area contributed by atoms with Gasteiger partial charge in [0.25, 0.3) is 0 Å². The van der Waals surface area contributed by atoms with Crippen molar-refractivity contribution in [2.75, 3.05) is 27.4 Å². The van der Waals surface area contributed by atoms with Crippen LogP contribution in [-0.4, -0.2) is 94.4 Å². The van der Waals surface area contributed by atoms with Crippen LogP contribution in [0.2, 0.25) is 0 Å². The number of benzene rings is 4. The van der Waals surface area contributed by atoms with Crippen LogP contribution in [-0.2, 0) is 76.8 Å². The average molecular weight is 826 g/mol. The van der Waals surface area contributed by atoms with Crippen molar-refractivity contribution in [3.63, 3.8) is 0 Å². The van der Waals surface area contributed by atoms with Gasteiger partial charge >= 0.3 is 5.97 Å². The summed E-state index contributed by atoms with van der Waals surface area (Å²) in [7, 11) is 2.97. The molecule has 0 N–H and O–H groups in total. The SMILES string of the molecule is CO/N=C1\C(OC[C@H]2O[C@H](OC)[C@H](OCc3ccccc3)[C@@H](OCc3ccccc3)[C@@H]2OCc2ccccc2)O[C@@H]2COC(c3ccccc3)O[C@H]2[C@@H]1OC(=O)C(C)(C)C. The van der Waals surface area contributed by atoms with E-state index in [1.165, 1.54) is 7.11 Å². The Hall–Kier alpha value is -4.54. The number of nitrogens with zero attached hydrogens (tertiary/aromatic N) is 1. The van der Waals surface area contributed by atoms with E-state index in [2.05, 4.69) is 5.16 Å². The minimum atomic E-state index is -1.17. The largest absolute Gasteiger partial charge is 0.453 e. The van der Waals surface area contributed by atoms with Gasteiger partial charge in [0.15, 0.2) is 24.4 Å². The fourth-order valence-electron chi connectivity index (χ4n) is 7.24. The van der Waals surface area contributed by atoms with Gasteiger partial charge in [-0.1, -0.05) is 126 Å². The van der Waals surface area contributed by atoms with Crippen molar-refractivity contribution in [3.8, 4) is 0 Å². The second kappa shape index (κ2) is 20.8. The molecular formula is C47H55NO12. The highest BCUT2D eigenvalue weighted by atomic mass is 16.8. The summed E-state index contributed by atoms with van der Waals surface area (Å²) < 4.78 is 64.7. The number of oxime groups is 1. The van der Waals surface area contributed by atoms with E-state index in [9.17, 15) is 4.79 Å². The van der Waals surface area contributed by atoms with Crippen LogP contribution in [0, 0.1) is 5.41 Å². The Kier molecular flexibility index (Phi) is 15.1. The predicted molar refractivity (Wildman–Crippen MR) is 219 cm³/mol. The maximum absolute atomic E-state index is 13.5. The van der Waals surface area contributed by atoms with Crippen LogP contribution in [0.1, 0.15) is 49.3 Å². The quantitative estimate of drug-likeness (QED) is 0.0858. The molecule has 0 saturated carbocycles. The summed E-state index contributed by atoms with van der Waals surface area (Å²) in [6.45, 7) is 6.18. The molecule has 60 heavy (non-hydrogen) atoms. The van der Waals surface area contributed by atoms with Gasteiger partial charge in [0.2, 0.25) is 6.29 Å². The molecule has 0 radical (unpaired) electrons. The second-order valence-electron chi connectivity index (χ2n) is 15.9. The zero-order valence-corrected chi connectivity index (χ0v) is 34.7. The van der Waals surface area contributed by atoms with Gasteiger partial charge in [-0.15, -0.1) is 0 Å². The van der Waals surface area contributed by atoms with Crippen molar-refractivity contribution in [2.24, 2.45) is 10.6 Å². The van der Waals surface area contributed by atoms with Crippen LogP contribution in [0.15, 0.2) is 126 Å². The average Bonchev–Trinajstić information content (AvgIpc) is 3.28. The predicted octanol–water partition coefficient (Wildman–Crippen LogP) is 6.93. The molecule has 4 aromatic rings. The smallest absolute Gasteiger partial charge is 0.311 e. The number of carbonyl (C=O) groups excluding carboxylic acids is 1. The lowest BCUT2D eigenvalue weighted by atomic mass is 9.95. The van der Waals surface area contributed by atoms with E-state index in [0.717, 1.165) is 22.3 Å². The number of methoxy groups -OCH3 is 1. The number of ether oxygens (including phenoxy) is 10. The molecule has 0 amide bonds. The lowest BCUT2D eigenvalue weighted by molar-refractivity contribution is -0.334. The summed E-state index contributed by atoms with van der Waals surface area (Å²) in [5, 5.41) is 4.33. The summed E-state index contributed by atoms with van der Waals surface area (Å²) >= 11 is 0. The molecule has 3 heterocycles. The van der Waals surface area contributed by atoms with Crippen LogP contribution in [0.5, 0.6) is 0 Å². The van der Waals surface area contributed by atoms with Crippen LogP contribution in [0.4, 0.5) is 0 Å². The van der Waals surface area contributed by atoms with Crippen LogP contribution < -0.4 is 0 Å². The summed E-state index contributed by atoms with van der Waals surface area (Å²) in [6.07, 6.45) is -8.23. The molecule has 320 valence electrons. The fourth-order valence-corrected chi connectivity index (χ4v) is 7.24. The molecule has 0 aromatic heterocycles. The molecule has 7 rings (SSSR count). The monoisotopic (exact) mass is 825 g/mol. The lowest BCUT2D eigenvalue weighted by Gasteiger charge is -2.47. The minimum Gasteiger partial charge on any atom is -0.453 e. The Labute approximate surface area is 351 Å². The highest BCUT2D eigenvalue weighted by Crippen LogP contribution is 2.37. The molecular weight excluding hydrogens is 771 g/mol. The molecule has 0 aliphatic carbocycles. The lowest BCUT2D eigenvalue weighted by Crippen LogP contribution is -2.63. The normalized spacial score (nSPS) is 28.8. The van der Waals surface area contributed by atoms with E-state index in [1.54, 1.807) is 27.9 Å². The molecule has 3 saturated heterocycles. The maximum Gasteiger partial charge on any atom is 0.311 e. The molecule has 13 heteroatoms. The summed E-state index contributed by atoms with van der Waals surface area (Å²) in [5.74, 6) is -0.463. The molecule has 4 aromatic carbocycles. The summed E-state index contributed by atoms with van der Waals surface area (Å²) in [5.41, 5.74) is 3.05. The van der Waals surface area contributed by atoms with Gasteiger partial charge in [0, 0.05) is 12.7 Å². The summed E-state index contributed by atoms with van der Waals surface area (Å²) in [6, 6.07) is 39.2. The Bertz CT molecular complexity index is 1930. The highest BCUT2D eigenvalue weighted by molar-refractivity contribution is 5.94. The first kappa shape index (κ1) is 43.5. The molecule has 3 aliphatic rings. The number of fused-ring (bicyclic) bond motifs is 1. The number of carbonyl (C=O) groups is 1.